The lowest BCUT2D eigenvalue weighted by Crippen LogP contribution is -2.19. The van der Waals surface area contributed by atoms with Crippen LogP contribution in [0, 0.1) is 17.2 Å². The number of anilines is 1. The van der Waals surface area contributed by atoms with E-state index in [1.54, 1.807) is 16.9 Å². The minimum absolute atomic E-state index is 0.00380. The van der Waals surface area contributed by atoms with E-state index in [-0.39, 0.29) is 23.3 Å². The van der Waals surface area contributed by atoms with E-state index in [2.05, 4.69) is 16.2 Å². The molecule has 1 aliphatic rings. The summed E-state index contributed by atoms with van der Waals surface area (Å²) in [6, 6.07) is 4.20. The molecule has 6 heteroatoms. The van der Waals surface area contributed by atoms with Crippen LogP contribution in [-0.4, -0.2) is 14.8 Å². The summed E-state index contributed by atoms with van der Waals surface area (Å²) in [4.78, 5) is 14.5. The summed E-state index contributed by atoms with van der Waals surface area (Å²) in [5, 5.41) is 14.2. The molecule has 2 atom stereocenters. The molecule has 1 saturated carbocycles. The van der Waals surface area contributed by atoms with Crippen molar-refractivity contribution >= 4 is 16.7 Å². The van der Waals surface area contributed by atoms with Crippen LogP contribution in [0.2, 0.25) is 0 Å². The van der Waals surface area contributed by atoms with E-state index in [4.69, 9.17) is 5.73 Å². The molecule has 0 saturated heterocycles. The minimum Gasteiger partial charge on any atom is -0.382 e. The third-order valence-electron chi connectivity index (χ3n) is 4.12. The molecule has 2 aromatic heterocycles. The Labute approximate surface area is 116 Å². The van der Waals surface area contributed by atoms with Gasteiger partial charge in [0.1, 0.15) is 5.39 Å². The molecule has 104 valence electrons. The number of pyridine rings is 1. The first kappa shape index (κ1) is 12.7. The second-order valence-electron chi connectivity index (χ2n) is 5.34. The van der Waals surface area contributed by atoms with Gasteiger partial charge in [0.05, 0.1) is 23.5 Å². The topological polar surface area (TPSA) is 100 Å². The van der Waals surface area contributed by atoms with Gasteiger partial charge in [0.25, 0.3) is 5.56 Å². The molecular weight excluding hydrogens is 254 g/mol. The van der Waals surface area contributed by atoms with E-state index >= 15 is 0 Å². The van der Waals surface area contributed by atoms with E-state index in [0.29, 0.717) is 5.39 Å². The lowest BCUT2D eigenvalue weighted by atomic mass is 9.96. The summed E-state index contributed by atoms with van der Waals surface area (Å²) in [5.41, 5.74) is 6.37. The average Bonchev–Trinajstić information content (AvgIpc) is 2.64. The van der Waals surface area contributed by atoms with Gasteiger partial charge in [0.15, 0.2) is 5.82 Å². The standard InChI is InChI=1S/C14H17N5O/c15-8-9-4-2-1-3-5-10(9)19-11-6-7-17-14(20)12(11)13(16)18-19/h6-7,9-10H,1-5H2,(H2,16,18)(H,17,20)/t9-,10+/m1/s1. The summed E-state index contributed by atoms with van der Waals surface area (Å²) in [7, 11) is 0. The molecule has 0 amide bonds. The zero-order valence-corrected chi connectivity index (χ0v) is 11.2. The number of nitrogens with one attached hydrogen (secondary N) is 1. The molecule has 1 aliphatic carbocycles. The van der Waals surface area contributed by atoms with Crippen molar-refractivity contribution in [1.29, 1.82) is 5.26 Å². The minimum atomic E-state index is -0.228. The van der Waals surface area contributed by atoms with Crippen LogP contribution >= 0.6 is 0 Å². The number of fused-ring (bicyclic) bond motifs is 1. The van der Waals surface area contributed by atoms with Crippen LogP contribution in [-0.2, 0) is 0 Å². The number of hydrogen-bond acceptors (Lipinski definition) is 4. The molecule has 0 spiro atoms. The molecule has 2 aromatic rings. The smallest absolute Gasteiger partial charge is 0.261 e. The zero-order valence-electron chi connectivity index (χ0n) is 11.2. The third kappa shape index (κ3) is 1.95. The number of hydrogen-bond donors (Lipinski definition) is 2. The molecule has 2 heterocycles. The maximum Gasteiger partial charge on any atom is 0.261 e. The predicted octanol–water partition coefficient (Wildman–Crippen LogP) is 1.95. The van der Waals surface area contributed by atoms with E-state index in [0.717, 1.165) is 37.6 Å². The largest absolute Gasteiger partial charge is 0.382 e. The highest BCUT2D eigenvalue weighted by molar-refractivity contribution is 5.88. The lowest BCUT2D eigenvalue weighted by Gasteiger charge is -2.20. The Kier molecular flexibility index (Phi) is 3.18. The van der Waals surface area contributed by atoms with Crippen molar-refractivity contribution in [2.45, 2.75) is 38.1 Å². The van der Waals surface area contributed by atoms with Gasteiger partial charge in [-0.15, -0.1) is 0 Å². The maximum absolute atomic E-state index is 11.9. The fourth-order valence-corrected chi connectivity index (χ4v) is 3.11. The third-order valence-corrected chi connectivity index (χ3v) is 4.12. The number of nitriles is 1. The molecule has 20 heavy (non-hydrogen) atoms. The van der Waals surface area contributed by atoms with Crippen molar-refractivity contribution in [2.75, 3.05) is 5.73 Å². The summed E-state index contributed by atoms with van der Waals surface area (Å²) in [5.74, 6) is 0.169. The molecule has 0 radical (unpaired) electrons. The van der Waals surface area contributed by atoms with Gasteiger partial charge in [-0.25, -0.2) is 0 Å². The van der Waals surface area contributed by atoms with Crippen molar-refractivity contribution in [3.63, 3.8) is 0 Å². The summed E-state index contributed by atoms with van der Waals surface area (Å²) < 4.78 is 1.79. The van der Waals surface area contributed by atoms with Gasteiger partial charge in [-0.05, 0) is 18.9 Å². The molecule has 0 unspecified atom stereocenters. The number of aromatic amines is 1. The van der Waals surface area contributed by atoms with Crippen LogP contribution in [0.1, 0.15) is 38.1 Å². The molecular formula is C14H17N5O. The Morgan fingerprint density at radius 2 is 2.20 bits per heavy atom. The number of nitrogens with zero attached hydrogens (tertiary/aromatic N) is 3. The van der Waals surface area contributed by atoms with Crippen molar-refractivity contribution in [1.82, 2.24) is 14.8 Å². The van der Waals surface area contributed by atoms with Gasteiger partial charge >= 0.3 is 0 Å². The highest BCUT2D eigenvalue weighted by Gasteiger charge is 2.28. The molecule has 0 aliphatic heterocycles. The Balaban J connectivity index is 2.16. The number of H-pyrrole nitrogens is 1. The van der Waals surface area contributed by atoms with E-state index in [1.807, 2.05) is 0 Å². The first-order valence-electron chi connectivity index (χ1n) is 6.97. The first-order chi connectivity index (χ1) is 9.72. The quantitative estimate of drug-likeness (QED) is 0.774. The van der Waals surface area contributed by atoms with Gasteiger partial charge in [-0.3, -0.25) is 9.48 Å². The normalized spacial score (nSPS) is 23.4. The van der Waals surface area contributed by atoms with Crippen LogP contribution in [0.25, 0.3) is 10.9 Å². The van der Waals surface area contributed by atoms with Crippen LogP contribution < -0.4 is 11.3 Å². The van der Waals surface area contributed by atoms with Gasteiger partial charge in [-0.2, -0.15) is 10.4 Å². The molecule has 0 bridgehead atoms. The highest BCUT2D eigenvalue weighted by Crippen LogP contribution is 2.34. The van der Waals surface area contributed by atoms with E-state index in [1.165, 1.54) is 0 Å². The molecule has 3 rings (SSSR count). The highest BCUT2D eigenvalue weighted by atomic mass is 16.1. The van der Waals surface area contributed by atoms with Crippen molar-refractivity contribution < 1.29 is 0 Å². The summed E-state index contributed by atoms with van der Waals surface area (Å²) in [6.45, 7) is 0. The Hall–Kier alpha value is -2.29. The average molecular weight is 271 g/mol. The second-order valence-corrected chi connectivity index (χ2v) is 5.34. The number of nitrogens with two attached hydrogens (primary N) is 1. The van der Waals surface area contributed by atoms with E-state index in [9.17, 15) is 10.1 Å². The van der Waals surface area contributed by atoms with E-state index < -0.39 is 0 Å². The van der Waals surface area contributed by atoms with Gasteiger partial charge in [0, 0.05) is 6.20 Å². The molecule has 6 nitrogen and oxygen atoms in total. The van der Waals surface area contributed by atoms with Crippen molar-refractivity contribution in [2.24, 2.45) is 5.92 Å². The lowest BCUT2D eigenvalue weighted by molar-refractivity contribution is 0.353. The van der Waals surface area contributed by atoms with Crippen molar-refractivity contribution in [3.05, 3.63) is 22.6 Å². The summed E-state index contributed by atoms with van der Waals surface area (Å²) in [6.07, 6.45) is 6.68. The number of nitrogen functional groups attached to an aromatic ring is 1. The van der Waals surface area contributed by atoms with Crippen molar-refractivity contribution in [3.8, 4) is 6.07 Å². The Morgan fingerprint density at radius 1 is 1.40 bits per heavy atom. The number of rotatable bonds is 1. The Bertz CT molecular complexity index is 723. The van der Waals surface area contributed by atoms with Gasteiger partial charge in [0.2, 0.25) is 0 Å². The molecule has 1 fully saturated rings. The Morgan fingerprint density at radius 3 is 3.00 bits per heavy atom. The second kappa shape index (κ2) is 5.00. The molecule has 3 N–H and O–H groups in total. The van der Waals surface area contributed by atoms with Crippen LogP contribution in [0.5, 0.6) is 0 Å². The SMILES string of the molecule is N#C[C@H]1CCCCC[C@@H]1n1nc(N)c2c(=O)[nH]ccc21. The number of aromatic nitrogens is 3. The van der Waals surface area contributed by atoms with Crippen LogP contribution in [0.4, 0.5) is 5.82 Å². The fraction of sp³-hybridized carbons (Fsp3) is 0.500. The van der Waals surface area contributed by atoms with Crippen LogP contribution in [0.3, 0.4) is 0 Å². The molecule has 0 aromatic carbocycles. The summed E-state index contributed by atoms with van der Waals surface area (Å²) >= 11 is 0. The fourth-order valence-electron chi connectivity index (χ4n) is 3.11. The van der Waals surface area contributed by atoms with Gasteiger partial charge in [-0.1, -0.05) is 19.3 Å². The zero-order chi connectivity index (χ0) is 14.1. The van der Waals surface area contributed by atoms with Gasteiger partial charge < -0.3 is 10.7 Å². The maximum atomic E-state index is 11.9. The monoisotopic (exact) mass is 271 g/mol. The van der Waals surface area contributed by atoms with Crippen LogP contribution in [0.15, 0.2) is 17.1 Å². The first-order valence-corrected chi connectivity index (χ1v) is 6.97. The predicted molar refractivity (Wildman–Crippen MR) is 76.0 cm³/mol.